The summed E-state index contributed by atoms with van der Waals surface area (Å²) in [5, 5.41) is 4.24. The minimum Gasteiger partial charge on any atom is -0.361 e. The molecular weight excluding hydrogens is 262 g/mol. The maximum absolute atomic E-state index is 11.8. The Kier molecular flexibility index (Phi) is 5.81. The quantitative estimate of drug-likeness (QED) is 0.784. The topological polar surface area (TPSA) is 48.1 Å². The Morgan fingerprint density at radius 2 is 2.14 bits per heavy atom. The second-order valence-corrected chi connectivity index (χ2v) is 5.46. The number of likely N-dealkylation sites (N-methyl/N-ethyl adjacent to an activating group) is 1. The summed E-state index contributed by atoms with van der Waals surface area (Å²) in [5.74, 6) is 0.152. The molecule has 0 spiro atoms. The van der Waals surface area contributed by atoms with Crippen LogP contribution in [0.4, 0.5) is 0 Å². The zero-order valence-electron chi connectivity index (χ0n) is 13.0. The average Bonchev–Trinajstić information content (AvgIpc) is 2.90. The molecule has 2 rings (SSSR count). The highest BCUT2D eigenvalue weighted by molar-refractivity contribution is 5.83. The van der Waals surface area contributed by atoms with Crippen molar-refractivity contribution in [2.45, 2.75) is 26.2 Å². The summed E-state index contributed by atoms with van der Waals surface area (Å²) in [7, 11) is 2.06. The lowest BCUT2D eigenvalue weighted by Crippen LogP contribution is -2.32. The molecule has 4 nitrogen and oxygen atoms in total. The van der Waals surface area contributed by atoms with E-state index in [2.05, 4.69) is 53.6 Å². The molecule has 0 aliphatic heterocycles. The van der Waals surface area contributed by atoms with Gasteiger partial charge >= 0.3 is 0 Å². The lowest BCUT2D eigenvalue weighted by Gasteiger charge is -2.13. The lowest BCUT2D eigenvalue weighted by molar-refractivity contribution is -0.121. The zero-order valence-corrected chi connectivity index (χ0v) is 13.0. The van der Waals surface area contributed by atoms with Crippen molar-refractivity contribution in [3.8, 4) is 0 Å². The number of rotatable bonds is 8. The van der Waals surface area contributed by atoms with Gasteiger partial charge in [-0.2, -0.15) is 0 Å². The number of fused-ring (bicyclic) bond motifs is 1. The van der Waals surface area contributed by atoms with Crippen LogP contribution in [-0.2, 0) is 11.2 Å². The third kappa shape index (κ3) is 4.60. The summed E-state index contributed by atoms with van der Waals surface area (Å²) in [6.07, 6.45) is 4.47. The predicted molar refractivity (Wildman–Crippen MR) is 87.4 cm³/mol. The van der Waals surface area contributed by atoms with Gasteiger partial charge in [-0.25, -0.2) is 0 Å². The van der Waals surface area contributed by atoms with Gasteiger partial charge < -0.3 is 15.2 Å². The van der Waals surface area contributed by atoms with E-state index in [0.717, 1.165) is 32.5 Å². The number of nitrogens with one attached hydrogen (secondary N) is 2. The number of H-pyrrole nitrogens is 1. The zero-order chi connectivity index (χ0) is 15.1. The fraction of sp³-hybridized carbons (Fsp3) is 0.471. The van der Waals surface area contributed by atoms with E-state index in [4.69, 9.17) is 0 Å². The Bertz CT molecular complexity index is 576. The molecule has 1 aromatic carbocycles. The number of amides is 1. The van der Waals surface area contributed by atoms with Crippen LogP contribution in [-0.4, -0.2) is 42.5 Å². The average molecular weight is 287 g/mol. The Hall–Kier alpha value is -1.81. The molecule has 0 bridgehead atoms. The largest absolute Gasteiger partial charge is 0.361 e. The molecule has 21 heavy (non-hydrogen) atoms. The van der Waals surface area contributed by atoms with Crippen LogP contribution in [0.5, 0.6) is 0 Å². The van der Waals surface area contributed by atoms with E-state index in [1.165, 1.54) is 16.5 Å². The van der Waals surface area contributed by atoms with E-state index >= 15 is 0 Å². The third-order valence-corrected chi connectivity index (χ3v) is 3.88. The molecule has 0 aliphatic rings. The van der Waals surface area contributed by atoms with E-state index in [1.807, 2.05) is 6.07 Å². The molecule has 4 heteroatoms. The summed E-state index contributed by atoms with van der Waals surface area (Å²) in [5.41, 5.74) is 2.46. The van der Waals surface area contributed by atoms with Crippen molar-refractivity contribution >= 4 is 16.8 Å². The fourth-order valence-electron chi connectivity index (χ4n) is 2.41. The van der Waals surface area contributed by atoms with Crippen molar-refractivity contribution in [1.29, 1.82) is 0 Å². The lowest BCUT2D eigenvalue weighted by atomic mass is 10.1. The number of aromatic nitrogens is 1. The first-order valence-corrected chi connectivity index (χ1v) is 7.71. The first-order valence-electron chi connectivity index (χ1n) is 7.71. The van der Waals surface area contributed by atoms with Crippen LogP contribution in [0.3, 0.4) is 0 Å². The normalized spacial score (nSPS) is 11.2. The van der Waals surface area contributed by atoms with Gasteiger partial charge in [0, 0.05) is 36.6 Å². The van der Waals surface area contributed by atoms with Gasteiger partial charge in [-0.3, -0.25) is 4.79 Å². The van der Waals surface area contributed by atoms with Crippen molar-refractivity contribution < 1.29 is 4.79 Å². The van der Waals surface area contributed by atoms with E-state index < -0.39 is 0 Å². The molecule has 0 saturated carbocycles. The number of aryl methyl sites for hydroxylation is 1. The first-order chi connectivity index (χ1) is 10.2. The van der Waals surface area contributed by atoms with Crippen molar-refractivity contribution in [2.75, 3.05) is 26.7 Å². The summed E-state index contributed by atoms with van der Waals surface area (Å²) >= 11 is 0. The molecule has 0 radical (unpaired) electrons. The molecule has 0 aliphatic carbocycles. The SMILES string of the molecule is CCN(C)CCNC(=O)CCCc1c[nH]c2ccccc12. The minimum absolute atomic E-state index is 0.152. The van der Waals surface area contributed by atoms with Crippen LogP contribution >= 0.6 is 0 Å². The minimum atomic E-state index is 0.152. The highest BCUT2D eigenvalue weighted by Crippen LogP contribution is 2.19. The molecule has 0 saturated heterocycles. The molecule has 114 valence electrons. The van der Waals surface area contributed by atoms with Gasteiger partial charge in [0.05, 0.1) is 0 Å². The first kappa shape index (κ1) is 15.6. The summed E-state index contributed by atoms with van der Waals surface area (Å²) in [4.78, 5) is 17.2. The van der Waals surface area contributed by atoms with Crippen molar-refractivity contribution in [2.24, 2.45) is 0 Å². The number of carbonyl (C=O) groups is 1. The summed E-state index contributed by atoms with van der Waals surface area (Å²) < 4.78 is 0. The van der Waals surface area contributed by atoms with Crippen molar-refractivity contribution in [1.82, 2.24) is 15.2 Å². The molecule has 2 N–H and O–H groups in total. The van der Waals surface area contributed by atoms with Gasteiger partial charge in [0.25, 0.3) is 0 Å². The number of benzene rings is 1. The maximum Gasteiger partial charge on any atom is 0.220 e. The Morgan fingerprint density at radius 1 is 1.33 bits per heavy atom. The molecule has 1 heterocycles. The molecule has 0 fully saturated rings. The number of carbonyl (C=O) groups excluding carboxylic acids is 1. The van der Waals surface area contributed by atoms with E-state index in [1.54, 1.807) is 0 Å². The summed E-state index contributed by atoms with van der Waals surface area (Å²) in [6.45, 7) is 4.76. The molecule has 1 aromatic heterocycles. The van der Waals surface area contributed by atoms with E-state index in [9.17, 15) is 4.79 Å². The van der Waals surface area contributed by atoms with Crippen LogP contribution in [0.1, 0.15) is 25.3 Å². The van der Waals surface area contributed by atoms with Crippen molar-refractivity contribution in [3.63, 3.8) is 0 Å². The number of nitrogens with zero attached hydrogens (tertiary/aromatic N) is 1. The van der Waals surface area contributed by atoms with E-state index in [-0.39, 0.29) is 5.91 Å². The number of hydrogen-bond acceptors (Lipinski definition) is 2. The fourth-order valence-corrected chi connectivity index (χ4v) is 2.41. The Balaban J connectivity index is 1.70. The Labute approximate surface area is 126 Å². The molecule has 1 amide bonds. The van der Waals surface area contributed by atoms with Crippen molar-refractivity contribution in [3.05, 3.63) is 36.0 Å². The molecular formula is C17H25N3O. The van der Waals surface area contributed by atoms with Crippen LogP contribution in [0.2, 0.25) is 0 Å². The molecule has 2 aromatic rings. The van der Waals surface area contributed by atoms with Crippen LogP contribution in [0, 0.1) is 0 Å². The monoisotopic (exact) mass is 287 g/mol. The second kappa shape index (κ2) is 7.84. The summed E-state index contributed by atoms with van der Waals surface area (Å²) in [6, 6.07) is 8.29. The van der Waals surface area contributed by atoms with Gasteiger partial charge in [0.15, 0.2) is 0 Å². The predicted octanol–water partition coefficient (Wildman–Crippen LogP) is 2.56. The highest BCUT2D eigenvalue weighted by Gasteiger charge is 2.05. The van der Waals surface area contributed by atoms with Crippen LogP contribution in [0.25, 0.3) is 10.9 Å². The Morgan fingerprint density at radius 3 is 2.95 bits per heavy atom. The highest BCUT2D eigenvalue weighted by atomic mass is 16.1. The number of para-hydroxylation sites is 1. The number of aromatic amines is 1. The second-order valence-electron chi connectivity index (χ2n) is 5.46. The molecule has 0 unspecified atom stereocenters. The molecule has 0 atom stereocenters. The van der Waals surface area contributed by atoms with E-state index in [0.29, 0.717) is 6.42 Å². The van der Waals surface area contributed by atoms with Gasteiger partial charge in [-0.1, -0.05) is 25.1 Å². The van der Waals surface area contributed by atoms with Gasteiger partial charge in [-0.15, -0.1) is 0 Å². The standard InChI is InChI=1S/C17H25N3O/c1-3-20(2)12-11-18-17(21)10-6-7-14-13-19-16-9-5-4-8-15(14)16/h4-5,8-9,13,19H,3,6-7,10-12H2,1-2H3,(H,18,21). The van der Waals surface area contributed by atoms with Crippen LogP contribution in [0.15, 0.2) is 30.5 Å². The number of hydrogen-bond donors (Lipinski definition) is 2. The third-order valence-electron chi connectivity index (χ3n) is 3.88. The van der Waals surface area contributed by atoms with Crippen LogP contribution < -0.4 is 5.32 Å². The van der Waals surface area contributed by atoms with Gasteiger partial charge in [0.1, 0.15) is 0 Å². The smallest absolute Gasteiger partial charge is 0.220 e. The van der Waals surface area contributed by atoms with Gasteiger partial charge in [0.2, 0.25) is 5.91 Å². The van der Waals surface area contributed by atoms with Gasteiger partial charge in [-0.05, 0) is 38.1 Å². The maximum atomic E-state index is 11.8.